The molecule has 1 aliphatic rings. The van der Waals surface area contributed by atoms with Crippen LogP contribution >= 0.6 is 11.8 Å². The molecule has 1 atom stereocenters. The van der Waals surface area contributed by atoms with Gasteiger partial charge in [0.25, 0.3) is 0 Å². The largest absolute Gasteiger partial charge is 0.366 e. The summed E-state index contributed by atoms with van der Waals surface area (Å²) < 4.78 is 27.0. The molecule has 22 heavy (non-hydrogen) atoms. The number of piperazine rings is 1. The second kappa shape index (κ2) is 7.78. The Kier molecular flexibility index (Phi) is 6.02. The standard InChI is InChI=1S/C15H21F2N3OS/c1-22-9-4-13(18)15(21)20-7-5-19(6-8-20)14-10-11(16)2-3-12(14)17/h2-3,10,13H,4-9,18H2,1H3/t13-/m0/s1. The Bertz CT molecular complexity index is 522. The van der Waals surface area contributed by atoms with Gasteiger partial charge in [0, 0.05) is 32.2 Å². The number of halogens is 2. The second-order valence-electron chi connectivity index (χ2n) is 5.30. The van der Waals surface area contributed by atoms with E-state index in [2.05, 4.69) is 0 Å². The molecule has 1 heterocycles. The number of thioether (sulfide) groups is 1. The van der Waals surface area contributed by atoms with Gasteiger partial charge in [-0.2, -0.15) is 11.8 Å². The van der Waals surface area contributed by atoms with Crippen LogP contribution in [-0.4, -0.2) is 55.0 Å². The average Bonchev–Trinajstić information content (AvgIpc) is 2.54. The Balaban J connectivity index is 1.92. The highest BCUT2D eigenvalue weighted by atomic mass is 32.2. The minimum atomic E-state index is -0.482. The van der Waals surface area contributed by atoms with Gasteiger partial charge < -0.3 is 15.5 Å². The van der Waals surface area contributed by atoms with E-state index in [9.17, 15) is 13.6 Å². The molecule has 0 bridgehead atoms. The fourth-order valence-electron chi connectivity index (χ4n) is 2.50. The van der Waals surface area contributed by atoms with Crippen molar-refractivity contribution in [3.8, 4) is 0 Å². The summed E-state index contributed by atoms with van der Waals surface area (Å²) in [6.45, 7) is 1.90. The summed E-state index contributed by atoms with van der Waals surface area (Å²) in [5.74, 6) is -0.123. The van der Waals surface area contributed by atoms with E-state index in [0.717, 1.165) is 17.9 Å². The fourth-order valence-corrected chi connectivity index (χ4v) is 2.99. The van der Waals surface area contributed by atoms with Crippen LogP contribution in [0.15, 0.2) is 18.2 Å². The number of hydrogen-bond acceptors (Lipinski definition) is 4. The quantitative estimate of drug-likeness (QED) is 0.893. The van der Waals surface area contributed by atoms with Gasteiger partial charge >= 0.3 is 0 Å². The summed E-state index contributed by atoms with van der Waals surface area (Å²) in [6, 6.07) is 2.94. The first-order chi connectivity index (χ1) is 10.5. The minimum absolute atomic E-state index is 0.0617. The highest BCUT2D eigenvalue weighted by Gasteiger charge is 2.26. The number of carbonyl (C=O) groups is 1. The van der Waals surface area contributed by atoms with Gasteiger partial charge in [-0.15, -0.1) is 0 Å². The molecule has 1 saturated heterocycles. The third kappa shape index (κ3) is 4.10. The van der Waals surface area contributed by atoms with Crippen molar-refractivity contribution < 1.29 is 13.6 Å². The van der Waals surface area contributed by atoms with E-state index in [1.807, 2.05) is 6.26 Å². The molecule has 1 aliphatic heterocycles. The minimum Gasteiger partial charge on any atom is -0.366 e. The maximum absolute atomic E-state index is 13.8. The number of nitrogens with two attached hydrogens (primary N) is 1. The van der Waals surface area contributed by atoms with Gasteiger partial charge in [-0.3, -0.25) is 4.79 Å². The Hall–Kier alpha value is -1.34. The molecule has 1 aromatic rings. The SMILES string of the molecule is CSCC[C@H](N)C(=O)N1CCN(c2cc(F)ccc2F)CC1. The first-order valence-electron chi connectivity index (χ1n) is 7.26. The van der Waals surface area contributed by atoms with Crippen molar-refractivity contribution in [1.29, 1.82) is 0 Å². The van der Waals surface area contributed by atoms with Gasteiger partial charge in [0.05, 0.1) is 11.7 Å². The molecule has 0 radical (unpaired) electrons. The van der Waals surface area contributed by atoms with E-state index in [4.69, 9.17) is 5.73 Å². The molecule has 122 valence electrons. The zero-order valence-corrected chi connectivity index (χ0v) is 13.4. The van der Waals surface area contributed by atoms with Crippen molar-refractivity contribution in [2.45, 2.75) is 12.5 Å². The van der Waals surface area contributed by atoms with Crippen molar-refractivity contribution in [3.05, 3.63) is 29.8 Å². The second-order valence-corrected chi connectivity index (χ2v) is 6.28. The highest BCUT2D eigenvalue weighted by molar-refractivity contribution is 7.98. The Morgan fingerprint density at radius 2 is 2.00 bits per heavy atom. The maximum Gasteiger partial charge on any atom is 0.239 e. The van der Waals surface area contributed by atoms with Crippen LogP contribution in [0.2, 0.25) is 0 Å². The lowest BCUT2D eigenvalue weighted by Gasteiger charge is -2.37. The first-order valence-corrected chi connectivity index (χ1v) is 8.65. The Labute approximate surface area is 133 Å². The van der Waals surface area contributed by atoms with Crippen LogP contribution in [0, 0.1) is 11.6 Å². The smallest absolute Gasteiger partial charge is 0.239 e. The molecule has 7 heteroatoms. The third-order valence-corrected chi connectivity index (χ3v) is 4.43. The number of nitrogens with zero attached hydrogens (tertiary/aromatic N) is 2. The van der Waals surface area contributed by atoms with E-state index in [-0.39, 0.29) is 11.6 Å². The van der Waals surface area contributed by atoms with Crippen LogP contribution in [0.5, 0.6) is 0 Å². The normalized spacial score (nSPS) is 16.7. The predicted octanol–water partition coefficient (Wildman–Crippen LogP) is 1.69. The number of benzene rings is 1. The van der Waals surface area contributed by atoms with Gasteiger partial charge in [-0.1, -0.05) is 0 Å². The Morgan fingerprint density at radius 3 is 2.64 bits per heavy atom. The van der Waals surface area contributed by atoms with Crippen LogP contribution in [0.25, 0.3) is 0 Å². The van der Waals surface area contributed by atoms with Gasteiger partial charge in [-0.25, -0.2) is 8.78 Å². The molecule has 0 unspecified atom stereocenters. The molecule has 0 saturated carbocycles. The number of rotatable bonds is 5. The summed E-state index contributed by atoms with van der Waals surface area (Å²) in [6.07, 6.45) is 2.63. The van der Waals surface area contributed by atoms with E-state index in [1.165, 1.54) is 6.07 Å². The summed E-state index contributed by atoms with van der Waals surface area (Å²) >= 11 is 1.66. The van der Waals surface area contributed by atoms with E-state index in [0.29, 0.717) is 32.6 Å². The van der Waals surface area contributed by atoms with Crippen molar-refractivity contribution in [2.75, 3.05) is 43.1 Å². The van der Waals surface area contributed by atoms with Gasteiger partial charge in [0.1, 0.15) is 11.6 Å². The van der Waals surface area contributed by atoms with Crippen molar-refractivity contribution >= 4 is 23.4 Å². The lowest BCUT2D eigenvalue weighted by Crippen LogP contribution is -2.53. The van der Waals surface area contributed by atoms with Crippen molar-refractivity contribution in [1.82, 2.24) is 4.90 Å². The maximum atomic E-state index is 13.8. The highest BCUT2D eigenvalue weighted by Crippen LogP contribution is 2.22. The molecule has 0 aliphatic carbocycles. The van der Waals surface area contributed by atoms with Crippen LogP contribution in [0.3, 0.4) is 0 Å². The van der Waals surface area contributed by atoms with Crippen molar-refractivity contribution in [3.63, 3.8) is 0 Å². The van der Waals surface area contributed by atoms with Crippen LogP contribution in [0.4, 0.5) is 14.5 Å². The lowest BCUT2D eigenvalue weighted by atomic mass is 10.1. The molecule has 0 aromatic heterocycles. The molecule has 1 amide bonds. The van der Waals surface area contributed by atoms with Crippen molar-refractivity contribution in [2.24, 2.45) is 5.73 Å². The predicted molar refractivity (Wildman–Crippen MR) is 86.1 cm³/mol. The third-order valence-electron chi connectivity index (χ3n) is 3.79. The topological polar surface area (TPSA) is 49.6 Å². The van der Waals surface area contributed by atoms with Gasteiger partial charge in [0.15, 0.2) is 0 Å². The van der Waals surface area contributed by atoms with E-state index < -0.39 is 17.7 Å². The van der Waals surface area contributed by atoms with Crippen LogP contribution < -0.4 is 10.6 Å². The molecule has 1 fully saturated rings. The van der Waals surface area contributed by atoms with Gasteiger partial charge in [-0.05, 0) is 30.6 Å². The number of hydrogen-bond donors (Lipinski definition) is 1. The van der Waals surface area contributed by atoms with E-state index >= 15 is 0 Å². The summed E-state index contributed by atoms with van der Waals surface area (Å²) in [4.78, 5) is 15.7. The summed E-state index contributed by atoms with van der Waals surface area (Å²) in [7, 11) is 0. The zero-order valence-electron chi connectivity index (χ0n) is 12.6. The molecular weight excluding hydrogens is 308 g/mol. The molecule has 4 nitrogen and oxygen atoms in total. The first kappa shape index (κ1) is 17.0. The summed E-state index contributed by atoms with van der Waals surface area (Å²) in [5, 5.41) is 0. The van der Waals surface area contributed by atoms with Crippen LogP contribution in [0.1, 0.15) is 6.42 Å². The number of carbonyl (C=O) groups excluding carboxylic acids is 1. The monoisotopic (exact) mass is 329 g/mol. The summed E-state index contributed by atoms with van der Waals surface area (Å²) in [5.41, 5.74) is 6.15. The van der Waals surface area contributed by atoms with E-state index in [1.54, 1.807) is 21.6 Å². The number of anilines is 1. The molecule has 0 spiro atoms. The molecular formula is C15H21F2N3OS. The zero-order chi connectivity index (χ0) is 16.1. The van der Waals surface area contributed by atoms with Gasteiger partial charge in [0.2, 0.25) is 5.91 Å². The average molecular weight is 329 g/mol. The van der Waals surface area contributed by atoms with Crippen LogP contribution in [-0.2, 0) is 4.79 Å². The molecule has 2 N–H and O–H groups in total. The molecule has 1 aromatic carbocycles. The number of amides is 1. The Morgan fingerprint density at radius 1 is 1.32 bits per heavy atom. The molecule has 2 rings (SSSR count). The fraction of sp³-hybridized carbons (Fsp3) is 0.533. The lowest BCUT2D eigenvalue weighted by molar-refractivity contribution is -0.132.